The van der Waals surface area contributed by atoms with Gasteiger partial charge in [-0.3, -0.25) is 4.79 Å². The summed E-state index contributed by atoms with van der Waals surface area (Å²) in [4.78, 5) is 22.5. The molecule has 1 atom stereocenters. The van der Waals surface area contributed by atoms with Gasteiger partial charge in [-0.25, -0.2) is 4.79 Å². The Morgan fingerprint density at radius 3 is 2.95 bits per heavy atom. The van der Waals surface area contributed by atoms with E-state index in [9.17, 15) is 14.7 Å². The number of aliphatic hydroxyl groups is 1. The van der Waals surface area contributed by atoms with Gasteiger partial charge >= 0.3 is 6.03 Å². The number of alkyl halides is 1. The molecule has 1 aromatic rings. The largest absolute Gasteiger partial charge is 0.490 e. The van der Waals surface area contributed by atoms with Crippen LogP contribution in [0.25, 0.3) is 0 Å². The van der Waals surface area contributed by atoms with Crippen molar-refractivity contribution in [3.63, 3.8) is 0 Å². The molecule has 114 valence electrons. The van der Waals surface area contributed by atoms with Gasteiger partial charge in [-0.2, -0.15) is 0 Å². The summed E-state index contributed by atoms with van der Waals surface area (Å²) in [6, 6.07) is 2.52. The number of aliphatic hydroxyl groups excluding tert-OH is 1. The van der Waals surface area contributed by atoms with Gasteiger partial charge in [0, 0.05) is 12.0 Å². The summed E-state index contributed by atoms with van der Waals surface area (Å²) in [5.74, 6) is 0.456. The van der Waals surface area contributed by atoms with E-state index in [0.29, 0.717) is 30.0 Å². The summed E-state index contributed by atoms with van der Waals surface area (Å²) in [5, 5.41) is 14.6. The van der Waals surface area contributed by atoms with Gasteiger partial charge < -0.3 is 26.2 Å². The van der Waals surface area contributed by atoms with E-state index in [-0.39, 0.29) is 18.4 Å². The second-order valence-electron chi connectivity index (χ2n) is 4.62. The van der Waals surface area contributed by atoms with Crippen molar-refractivity contribution >= 4 is 34.9 Å². The number of carbonyl (C=O) groups excluding carboxylic acids is 2. The first kappa shape index (κ1) is 15.4. The average molecular weight is 314 g/mol. The molecular formula is C13H16ClN3O4. The lowest BCUT2D eigenvalue weighted by molar-refractivity contribution is -0.116. The SMILES string of the molecule is NC(=O)Nc1ccc(OCC(O)CCl)c2c1NC(=O)CC2. The van der Waals surface area contributed by atoms with E-state index < -0.39 is 12.1 Å². The molecule has 5 N–H and O–H groups in total. The normalized spacial score (nSPS) is 14.9. The second-order valence-corrected chi connectivity index (χ2v) is 4.93. The fourth-order valence-corrected chi connectivity index (χ4v) is 2.15. The minimum atomic E-state index is -0.774. The van der Waals surface area contributed by atoms with E-state index in [4.69, 9.17) is 22.1 Å². The predicted molar refractivity (Wildman–Crippen MR) is 78.8 cm³/mol. The number of fused-ring (bicyclic) bond motifs is 1. The number of primary amides is 1. The summed E-state index contributed by atoms with van der Waals surface area (Å²) in [7, 11) is 0. The van der Waals surface area contributed by atoms with Crippen LogP contribution in [-0.2, 0) is 11.2 Å². The number of rotatable bonds is 5. The first-order chi connectivity index (χ1) is 10.0. The third-order valence-electron chi connectivity index (χ3n) is 3.00. The van der Waals surface area contributed by atoms with Crippen molar-refractivity contribution in [3.05, 3.63) is 17.7 Å². The Hall–Kier alpha value is -1.99. The molecule has 8 heteroatoms. The maximum atomic E-state index is 11.5. The van der Waals surface area contributed by atoms with Crippen molar-refractivity contribution in [2.45, 2.75) is 18.9 Å². The van der Waals surface area contributed by atoms with Gasteiger partial charge in [-0.1, -0.05) is 0 Å². The second kappa shape index (κ2) is 6.64. The van der Waals surface area contributed by atoms with E-state index in [1.807, 2.05) is 0 Å². The summed E-state index contributed by atoms with van der Waals surface area (Å²) in [6.07, 6.45) is 0.0207. The molecule has 0 radical (unpaired) electrons. The van der Waals surface area contributed by atoms with Crippen molar-refractivity contribution in [2.24, 2.45) is 5.73 Å². The van der Waals surface area contributed by atoms with Crippen LogP contribution >= 0.6 is 11.6 Å². The molecule has 1 heterocycles. The zero-order chi connectivity index (χ0) is 15.4. The summed E-state index contributed by atoms with van der Waals surface area (Å²) in [6.45, 7) is 0.0481. The van der Waals surface area contributed by atoms with E-state index >= 15 is 0 Å². The molecule has 0 aliphatic carbocycles. The molecule has 0 aromatic heterocycles. The molecule has 1 aliphatic heterocycles. The number of nitrogens with two attached hydrogens (primary N) is 1. The highest BCUT2D eigenvalue weighted by atomic mass is 35.5. The Bertz CT molecular complexity index is 565. The Labute approximate surface area is 126 Å². The molecule has 2 rings (SSSR count). The number of hydrogen-bond donors (Lipinski definition) is 4. The number of anilines is 2. The minimum Gasteiger partial charge on any atom is -0.490 e. The lowest BCUT2D eigenvalue weighted by Crippen LogP contribution is -2.25. The highest BCUT2D eigenvalue weighted by Gasteiger charge is 2.22. The molecule has 0 saturated carbocycles. The standard InChI is InChI=1S/C13H16ClN3O4/c14-5-7(18)6-21-10-3-2-9(16-13(15)20)12-8(10)1-4-11(19)17-12/h2-3,7,18H,1,4-6H2,(H,17,19)(H3,15,16,20). The zero-order valence-corrected chi connectivity index (χ0v) is 11.9. The highest BCUT2D eigenvalue weighted by Crippen LogP contribution is 2.37. The third kappa shape index (κ3) is 3.77. The van der Waals surface area contributed by atoms with Crippen molar-refractivity contribution in [1.29, 1.82) is 0 Å². The predicted octanol–water partition coefficient (Wildman–Crippen LogP) is 1.04. The lowest BCUT2D eigenvalue weighted by atomic mass is 10.0. The number of carbonyl (C=O) groups is 2. The quantitative estimate of drug-likeness (QED) is 0.608. The minimum absolute atomic E-state index is 0.0481. The van der Waals surface area contributed by atoms with Crippen molar-refractivity contribution in [3.8, 4) is 5.75 Å². The fraction of sp³-hybridized carbons (Fsp3) is 0.385. The topological polar surface area (TPSA) is 114 Å². The van der Waals surface area contributed by atoms with Gasteiger partial charge in [-0.15, -0.1) is 11.6 Å². The van der Waals surface area contributed by atoms with Gasteiger partial charge in [-0.05, 0) is 18.6 Å². The number of urea groups is 1. The van der Waals surface area contributed by atoms with Gasteiger partial charge in [0.2, 0.25) is 5.91 Å². The molecule has 1 unspecified atom stereocenters. The van der Waals surface area contributed by atoms with Gasteiger partial charge in [0.1, 0.15) is 18.5 Å². The Balaban J connectivity index is 2.29. The molecule has 0 spiro atoms. The van der Waals surface area contributed by atoms with Crippen LogP contribution in [0.1, 0.15) is 12.0 Å². The van der Waals surface area contributed by atoms with Crippen LogP contribution in [-0.4, -0.2) is 35.6 Å². The highest BCUT2D eigenvalue weighted by molar-refractivity contribution is 6.18. The van der Waals surface area contributed by atoms with E-state index in [1.165, 1.54) is 0 Å². The van der Waals surface area contributed by atoms with Crippen LogP contribution in [0.15, 0.2) is 12.1 Å². The maximum Gasteiger partial charge on any atom is 0.316 e. The first-order valence-corrected chi connectivity index (χ1v) is 6.93. The van der Waals surface area contributed by atoms with Crippen LogP contribution in [0.4, 0.5) is 16.2 Å². The molecule has 0 fully saturated rings. The van der Waals surface area contributed by atoms with E-state index in [2.05, 4.69) is 10.6 Å². The van der Waals surface area contributed by atoms with Crippen LogP contribution in [0.3, 0.4) is 0 Å². The molecule has 1 aliphatic rings. The van der Waals surface area contributed by atoms with Crippen molar-refractivity contribution in [2.75, 3.05) is 23.1 Å². The van der Waals surface area contributed by atoms with Crippen LogP contribution in [0, 0.1) is 0 Å². The fourth-order valence-electron chi connectivity index (χ4n) is 2.06. The monoisotopic (exact) mass is 313 g/mol. The number of benzene rings is 1. The molecule has 7 nitrogen and oxygen atoms in total. The van der Waals surface area contributed by atoms with Gasteiger partial charge in [0.25, 0.3) is 0 Å². The smallest absolute Gasteiger partial charge is 0.316 e. The van der Waals surface area contributed by atoms with Crippen LogP contribution < -0.4 is 21.1 Å². The Morgan fingerprint density at radius 1 is 1.52 bits per heavy atom. The average Bonchev–Trinajstić information content (AvgIpc) is 2.45. The van der Waals surface area contributed by atoms with Crippen molar-refractivity contribution < 1.29 is 19.4 Å². The molecule has 0 bridgehead atoms. The van der Waals surface area contributed by atoms with Crippen LogP contribution in [0.2, 0.25) is 0 Å². The van der Waals surface area contributed by atoms with Crippen LogP contribution in [0.5, 0.6) is 5.75 Å². The number of amides is 3. The Kier molecular flexibility index (Phi) is 4.87. The third-order valence-corrected chi connectivity index (χ3v) is 3.36. The molecule has 3 amide bonds. The first-order valence-electron chi connectivity index (χ1n) is 6.40. The van der Waals surface area contributed by atoms with Crippen molar-refractivity contribution in [1.82, 2.24) is 0 Å². The molecular weight excluding hydrogens is 298 g/mol. The number of nitrogens with one attached hydrogen (secondary N) is 2. The Morgan fingerprint density at radius 2 is 2.29 bits per heavy atom. The summed E-state index contributed by atoms with van der Waals surface area (Å²) in [5.41, 5.74) is 6.75. The number of halogens is 1. The lowest BCUT2D eigenvalue weighted by Gasteiger charge is -2.23. The molecule has 21 heavy (non-hydrogen) atoms. The zero-order valence-electron chi connectivity index (χ0n) is 11.2. The van der Waals surface area contributed by atoms with Gasteiger partial charge in [0.05, 0.1) is 17.3 Å². The van der Waals surface area contributed by atoms with E-state index in [1.54, 1.807) is 12.1 Å². The van der Waals surface area contributed by atoms with Gasteiger partial charge in [0.15, 0.2) is 0 Å². The maximum absolute atomic E-state index is 11.5. The summed E-state index contributed by atoms with van der Waals surface area (Å²) < 4.78 is 5.52. The number of ether oxygens (including phenoxy) is 1. The molecule has 0 saturated heterocycles. The number of hydrogen-bond acceptors (Lipinski definition) is 4. The molecule has 1 aromatic carbocycles. The van der Waals surface area contributed by atoms with E-state index in [0.717, 1.165) is 5.56 Å². The summed E-state index contributed by atoms with van der Waals surface area (Å²) >= 11 is 5.51.